The van der Waals surface area contributed by atoms with E-state index < -0.39 is 17.6 Å². The minimum atomic E-state index is -4.60. The predicted molar refractivity (Wildman–Crippen MR) is 142 cm³/mol. The van der Waals surface area contributed by atoms with E-state index in [1.54, 1.807) is 53.1 Å². The van der Waals surface area contributed by atoms with Gasteiger partial charge in [-0.1, -0.05) is 29.8 Å². The lowest BCUT2D eigenvalue weighted by Gasteiger charge is -2.33. The fraction of sp³-hybridized carbons (Fsp3) is 0.276. The number of fused-ring (bicyclic) bond motifs is 1. The molecule has 1 saturated heterocycles. The minimum Gasteiger partial charge on any atom is -0.304 e. The first-order chi connectivity index (χ1) is 18.7. The van der Waals surface area contributed by atoms with Crippen molar-refractivity contribution in [1.82, 2.24) is 24.4 Å². The third kappa shape index (κ3) is 5.95. The molecule has 1 aliphatic rings. The van der Waals surface area contributed by atoms with Gasteiger partial charge in [0, 0.05) is 50.5 Å². The van der Waals surface area contributed by atoms with E-state index in [4.69, 9.17) is 0 Å². The first-order valence-electron chi connectivity index (χ1n) is 12.5. The lowest BCUT2D eigenvalue weighted by atomic mass is 10.0. The summed E-state index contributed by atoms with van der Waals surface area (Å²) < 4.78 is 44.5. The molecule has 0 aliphatic carbocycles. The molecule has 0 spiro atoms. The van der Waals surface area contributed by atoms with Crippen molar-refractivity contribution in [1.29, 1.82) is 0 Å². The lowest BCUT2D eigenvalue weighted by molar-refractivity contribution is -0.138. The van der Waals surface area contributed by atoms with Gasteiger partial charge in [-0.05, 0) is 61.9 Å². The Hall–Kier alpha value is -4.20. The molecule has 7 nitrogen and oxygen atoms in total. The van der Waals surface area contributed by atoms with Crippen molar-refractivity contribution in [3.8, 4) is 12.0 Å². The summed E-state index contributed by atoms with van der Waals surface area (Å²) >= 11 is 0. The van der Waals surface area contributed by atoms with Crippen LogP contribution < -0.4 is 4.90 Å². The van der Waals surface area contributed by atoms with Crippen LogP contribution in [0.15, 0.2) is 66.9 Å². The highest BCUT2D eigenvalue weighted by Gasteiger charge is 2.35. The third-order valence-corrected chi connectivity index (χ3v) is 6.74. The molecular weight excluding hydrogens is 505 g/mol. The molecule has 4 aromatic rings. The van der Waals surface area contributed by atoms with Crippen LogP contribution in [-0.2, 0) is 12.7 Å². The van der Waals surface area contributed by atoms with Gasteiger partial charge in [-0.2, -0.15) is 13.2 Å². The molecule has 0 saturated carbocycles. The number of piperazine rings is 1. The zero-order valence-electron chi connectivity index (χ0n) is 21.6. The minimum absolute atomic E-state index is 0.0244. The van der Waals surface area contributed by atoms with E-state index in [-0.39, 0.29) is 23.6 Å². The molecule has 5 rings (SSSR count). The molecule has 0 N–H and O–H groups in total. The van der Waals surface area contributed by atoms with Crippen molar-refractivity contribution in [3.05, 3.63) is 94.9 Å². The van der Waals surface area contributed by atoms with Crippen LogP contribution >= 0.6 is 0 Å². The van der Waals surface area contributed by atoms with Crippen LogP contribution in [0.3, 0.4) is 0 Å². The Balaban J connectivity index is 1.55. The third-order valence-electron chi connectivity index (χ3n) is 6.74. The summed E-state index contributed by atoms with van der Waals surface area (Å²) in [5.41, 5.74) is 1.22. The van der Waals surface area contributed by atoms with Crippen LogP contribution in [0.5, 0.6) is 0 Å². The number of benzene rings is 2. The van der Waals surface area contributed by atoms with Crippen LogP contribution in [0.4, 0.5) is 18.9 Å². The highest BCUT2D eigenvalue weighted by molar-refractivity contribution is 6.08. The van der Waals surface area contributed by atoms with Gasteiger partial charge >= 0.3 is 6.18 Å². The van der Waals surface area contributed by atoms with Crippen LogP contribution in [0.1, 0.15) is 32.9 Å². The molecule has 0 unspecified atom stereocenters. The fourth-order valence-corrected chi connectivity index (χ4v) is 4.44. The Bertz CT molecular complexity index is 1540. The van der Waals surface area contributed by atoms with E-state index in [2.05, 4.69) is 27.1 Å². The van der Waals surface area contributed by atoms with Gasteiger partial charge < -0.3 is 4.90 Å². The number of anilines is 1. The van der Waals surface area contributed by atoms with Crippen molar-refractivity contribution in [3.63, 3.8) is 0 Å². The van der Waals surface area contributed by atoms with Crippen molar-refractivity contribution in [2.75, 3.05) is 38.1 Å². The Morgan fingerprint density at radius 3 is 2.46 bits per heavy atom. The number of alkyl halides is 3. The number of likely N-dealkylation sites (N-methyl/N-ethyl adjacent to an activating group) is 1. The second-order valence-corrected chi connectivity index (χ2v) is 9.61. The SMILES string of the molecule is Cc1ccc(C(=O)N(C#Cc2nnc3ccccn23)c2ccc(CN3CCN(C)CC3)c(C(F)(F)F)c2)cc1. The van der Waals surface area contributed by atoms with E-state index in [0.29, 0.717) is 24.3 Å². The smallest absolute Gasteiger partial charge is 0.304 e. The zero-order valence-corrected chi connectivity index (χ0v) is 21.6. The second-order valence-electron chi connectivity index (χ2n) is 9.61. The summed E-state index contributed by atoms with van der Waals surface area (Å²) in [7, 11) is 2.00. The summed E-state index contributed by atoms with van der Waals surface area (Å²) in [6.07, 6.45) is -2.88. The van der Waals surface area contributed by atoms with Crippen molar-refractivity contribution in [2.45, 2.75) is 19.6 Å². The summed E-state index contributed by atoms with van der Waals surface area (Å²) in [5.74, 6) is 2.54. The summed E-state index contributed by atoms with van der Waals surface area (Å²) in [6.45, 7) is 5.02. The highest BCUT2D eigenvalue weighted by atomic mass is 19.4. The average Bonchev–Trinajstić information content (AvgIpc) is 3.33. The molecule has 1 fully saturated rings. The number of hydrogen-bond acceptors (Lipinski definition) is 5. The first-order valence-corrected chi connectivity index (χ1v) is 12.5. The number of nitrogens with zero attached hydrogens (tertiary/aromatic N) is 6. The maximum Gasteiger partial charge on any atom is 0.416 e. The van der Waals surface area contributed by atoms with Gasteiger partial charge in [0.1, 0.15) is 0 Å². The largest absolute Gasteiger partial charge is 0.416 e. The normalized spacial score (nSPS) is 14.7. The highest BCUT2D eigenvalue weighted by Crippen LogP contribution is 2.35. The quantitative estimate of drug-likeness (QED) is 0.287. The molecule has 0 atom stereocenters. The molecule has 0 radical (unpaired) electrons. The van der Waals surface area contributed by atoms with Crippen molar-refractivity contribution < 1.29 is 18.0 Å². The van der Waals surface area contributed by atoms with Gasteiger partial charge in [0.2, 0.25) is 5.82 Å². The fourth-order valence-electron chi connectivity index (χ4n) is 4.44. The average molecular weight is 533 g/mol. The monoisotopic (exact) mass is 532 g/mol. The van der Waals surface area contributed by atoms with Gasteiger partial charge in [0.25, 0.3) is 5.91 Å². The molecule has 39 heavy (non-hydrogen) atoms. The Labute approximate surface area is 224 Å². The van der Waals surface area contributed by atoms with Gasteiger partial charge in [-0.15, -0.1) is 10.2 Å². The molecule has 1 aliphatic heterocycles. The molecule has 2 aromatic heterocycles. The maximum absolute atomic E-state index is 14.3. The van der Waals surface area contributed by atoms with E-state index in [0.717, 1.165) is 29.6 Å². The summed E-state index contributed by atoms with van der Waals surface area (Å²) in [6, 6.07) is 18.9. The molecule has 3 heterocycles. The van der Waals surface area contributed by atoms with Crippen molar-refractivity contribution in [2.24, 2.45) is 0 Å². The molecule has 1 amide bonds. The lowest BCUT2D eigenvalue weighted by Crippen LogP contribution is -2.44. The van der Waals surface area contributed by atoms with Gasteiger partial charge in [-0.25, -0.2) is 4.90 Å². The summed E-state index contributed by atoms with van der Waals surface area (Å²) in [4.78, 5) is 18.8. The number of amides is 1. The topological polar surface area (TPSA) is 57.0 Å². The standard InChI is InChI=1S/C29H27F3N6O/c1-21-6-8-22(9-7-21)28(39)37(14-12-27-34-33-26-5-3-4-13-38(26)27)24-11-10-23(25(19-24)29(30,31)32)20-36-17-15-35(2)16-18-36/h3-11,13,19H,15-18,20H2,1-2H3. The number of aromatic nitrogens is 3. The number of carbonyl (C=O) groups is 1. The Morgan fingerprint density at radius 1 is 1.00 bits per heavy atom. The van der Waals surface area contributed by atoms with E-state index in [1.807, 2.05) is 18.9 Å². The van der Waals surface area contributed by atoms with Gasteiger partial charge in [0.15, 0.2) is 5.65 Å². The van der Waals surface area contributed by atoms with Crippen LogP contribution in [0, 0.1) is 18.9 Å². The molecular formula is C29H27F3N6O. The Morgan fingerprint density at radius 2 is 1.74 bits per heavy atom. The van der Waals surface area contributed by atoms with Gasteiger partial charge in [-0.3, -0.25) is 14.1 Å². The Kier molecular flexibility index (Phi) is 7.37. The molecule has 10 heteroatoms. The molecule has 2 aromatic carbocycles. The van der Waals surface area contributed by atoms with Crippen LogP contribution in [0.2, 0.25) is 0 Å². The predicted octanol–water partition coefficient (Wildman–Crippen LogP) is 4.46. The summed E-state index contributed by atoms with van der Waals surface area (Å²) in [5, 5.41) is 8.11. The van der Waals surface area contributed by atoms with Crippen LogP contribution in [-0.4, -0.2) is 63.5 Å². The number of aryl methyl sites for hydroxylation is 1. The zero-order chi connectivity index (χ0) is 27.6. The maximum atomic E-state index is 14.3. The van der Waals surface area contributed by atoms with Gasteiger partial charge in [0.05, 0.1) is 11.3 Å². The number of halogens is 3. The molecule has 200 valence electrons. The number of pyridine rings is 1. The van der Waals surface area contributed by atoms with Crippen molar-refractivity contribution >= 4 is 17.2 Å². The van der Waals surface area contributed by atoms with E-state index >= 15 is 0 Å². The number of rotatable bonds is 4. The molecule has 0 bridgehead atoms. The number of hydrogen-bond donors (Lipinski definition) is 0. The van der Waals surface area contributed by atoms with E-state index in [9.17, 15) is 18.0 Å². The number of carbonyl (C=O) groups excluding carboxylic acids is 1. The van der Waals surface area contributed by atoms with E-state index in [1.165, 1.54) is 12.1 Å². The first kappa shape index (κ1) is 26.4. The second kappa shape index (κ2) is 10.9. The van der Waals surface area contributed by atoms with Crippen LogP contribution in [0.25, 0.3) is 5.65 Å².